The first-order valence-electron chi connectivity index (χ1n) is 10.8. The van der Waals surface area contributed by atoms with Crippen LogP contribution in [0.2, 0.25) is 0 Å². The molecule has 4 aliphatic rings. The molecule has 1 aromatic heterocycles. The molecule has 2 saturated heterocycles. The minimum atomic E-state index is 0.482. The molecular weight excluding hydrogens is 338 g/mol. The molecule has 3 aliphatic heterocycles. The largest absolute Gasteiger partial charge is 0.379 e. The molecule has 0 aromatic carbocycles. The molecule has 150 valence electrons. The fourth-order valence-electron chi connectivity index (χ4n) is 6.50. The van der Waals surface area contributed by atoms with Crippen LogP contribution in [0.4, 0.5) is 0 Å². The number of hydrogen-bond acceptors (Lipinski definition) is 5. The molecule has 0 spiro atoms. The summed E-state index contributed by atoms with van der Waals surface area (Å²) in [6.45, 7) is 16.8. The maximum atomic E-state index is 5.56. The molecule has 4 heterocycles. The van der Waals surface area contributed by atoms with Crippen molar-refractivity contribution in [3.63, 3.8) is 0 Å². The zero-order valence-electron chi connectivity index (χ0n) is 17.0. The Kier molecular flexibility index (Phi) is 4.58. The number of nitrogens with one attached hydrogen (secondary N) is 1. The fourth-order valence-corrected chi connectivity index (χ4v) is 6.50. The molecule has 5 rings (SSSR count). The number of nitrogens with zero attached hydrogens (tertiary/aromatic N) is 4. The summed E-state index contributed by atoms with van der Waals surface area (Å²) in [5.74, 6) is 0.815. The molecule has 0 bridgehead atoms. The van der Waals surface area contributed by atoms with E-state index < -0.39 is 0 Å². The maximum Gasteiger partial charge on any atom is 0.0768 e. The van der Waals surface area contributed by atoms with Crippen LogP contribution in [0, 0.1) is 16.7 Å². The average Bonchev–Trinajstić information content (AvgIpc) is 3.06. The molecule has 0 amide bonds. The van der Waals surface area contributed by atoms with Crippen LogP contribution in [0.5, 0.6) is 0 Å². The van der Waals surface area contributed by atoms with Crippen LogP contribution in [0.15, 0.2) is 6.07 Å². The Labute approximate surface area is 163 Å². The van der Waals surface area contributed by atoms with Crippen LogP contribution in [0.25, 0.3) is 0 Å². The predicted molar refractivity (Wildman–Crippen MR) is 105 cm³/mol. The van der Waals surface area contributed by atoms with Crippen molar-refractivity contribution in [1.29, 1.82) is 0 Å². The van der Waals surface area contributed by atoms with Crippen LogP contribution >= 0.6 is 0 Å². The van der Waals surface area contributed by atoms with Gasteiger partial charge in [-0.25, -0.2) is 0 Å². The van der Waals surface area contributed by atoms with Gasteiger partial charge in [0.05, 0.1) is 24.6 Å². The number of ether oxygens (including phenoxy) is 1. The van der Waals surface area contributed by atoms with E-state index in [4.69, 9.17) is 9.84 Å². The van der Waals surface area contributed by atoms with Crippen molar-refractivity contribution in [2.75, 3.05) is 52.5 Å². The zero-order chi connectivity index (χ0) is 18.5. The first-order chi connectivity index (χ1) is 13.0. The number of morpholine rings is 1. The molecule has 6 nitrogen and oxygen atoms in total. The molecule has 2 atom stereocenters. The van der Waals surface area contributed by atoms with Crippen LogP contribution in [0.1, 0.15) is 38.1 Å². The van der Waals surface area contributed by atoms with Crippen LogP contribution in [0.3, 0.4) is 0 Å². The Bertz CT molecular complexity index is 657. The Morgan fingerprint density at radius 3 is 2.89 bits per heavy atom. The lowest BCUT2D eigenvalue weighted by atomic mass is 9.48. The van der Waals surface area contributed by atoms with Crippen molar-refractivity contribution in [2.45, 2.75) is 46.3 Å². The Morgan fingerprint density at radius 1 is 1.22 bits per heavy atom. The van der Waals surface area contributed by atoms with Gasteiger partial charge in [-0.3, -0.25) is 14.5 Å². The van der Waals surface area contributed by atoms with Gasteiger partial charge < -0.3 is 10.1 Å². The Hall–Kier alpha value is -0.950. The van der Waals surface area contributed by atoms with Gasteiger partial charge in [0.25, 0.3) is 0 Å². The maximum absolute atomic E-state index is 5.56. The van der Waals surface area contributed by atoms with Crippen molar-refractivity contribution in [1.82, 2.24) is 24.9 Å². The van der Waals surface area contributed by atoms with Gasteiger partial charge in [-0.2, -0.15) is 5.10 Å². The van der Waals surface area contributed by atoms with Crippen LogP contribution < -0.4 is 5.32 Å². The van der Waals surface area contributed by atoms with Gasteiger partial charge in [0.1, 0.15) is 0 Å². The van der Waals surface area contributed by atoms with E-state index in [0.717, 1.165) is 58.4 Å². The molecule has 6 heteroatoms. The lowest BCUT2D eigenvalue weighted by molar-refractivity contribution is -0.0966. The average molecular weight is 374 g/mol. The molecule has 1 aromatic rings. The summed E-state index contributed by atoms with van der Waals surface area (Å²) in [7, 11) is 0. The molecule has 3 fully saturated rings. The third-order valence-electron chi connectivity index (χ3n) is 7.44. The van der Waals surface area contributed by atoms with Crippen molar-refractivity contribution >= 4 is 0 Å². The quantitative estimate of drug-likeness (QED) is 0.868. The topological polar surface area (TPSA) is 45.6 Å². The summed E-state index contributed by atoms with van der Waals surface area (Å²) in [5, 5.41) is 8.43. The van der Waals surface area contributed by atoms with Gasteiger partial charge in [0, 0.05) is 57.8 Å². The zero-order valence-corrected chi connectivity index (χ0v) is 17.0. The van der Waals surface area contributed by atoms with Crippen molar-refractivity contribution in [3.05, 3.63) is 17.5 Å². The predicted octanol–water partition coefficient (Wildman–Crippen LogP) is 1.56. The van der Waals surface area contributed by atoms with E-state index in [-0.39, 0.29) is 0 Å². The van der Waals surface area contributed by atoms with E-state index in [1.54, 1.807) is 0 Å². The molecule has 27 heavy (non-hydrogen) atoms. The number of likely N-dealkylation sites (tertiary alicyclic amines) is 1. The van der Waals surface area contributed by atoms with E-state index in [1.807, 2.05) is 0 Å². The lowest BCUT2D eigenvalue weighted by Gasteiger charge is -2.58. The number of hydrogen-bond donors (Lipinski definition) is 1. The first-order valence-corrected chi connectivity index (χ1v) is 10.8. The monoisotopic (exact) mass is 373 g/mol. The van der Waals surface area contributed by atoms with Gasteiger partial charge in [-0.1, -0.05) is 13.8 Å². The van der Waals surface area contributed by atoms with E-state index in [1.165, 1.54) is 43.9 Å². The molecule has 1 aliphatic carbocycles. The lowest BCUT2D eigenvalue weighted by Crippen LogP contribution is -2.59. The van der Waals surface area contributed by atoms with Crippen molar-refractivity contribution in [2.24, 2.45) is 16.7 Å². The van der Waals surface area contributed by atoms with Gasteiger partial charge in [-0.05, 0) is 36.8 Å². The Morgan fingerprint density at radius 2 is 2.07 bits per heavy atom. The third-order valence-corrected chi connectivity index (χ3v) is 7.44. The van der Waals surface area contributed by atoms with Crippen molar-refractivity contribution < 1.29 is 4.74 Å². The molecule has 0 radical (unpaired) electrons. The van der Waals surface area contributed by atoms with Gasteiger partial charge in [0.2, 0.25) is 0 Å². The second kappa shape index (κ2) is 6.83. The van der Waals surface area contributed by atoms with E-state index >= 15 is 0 Å². The number of aryl methyl sites for hydroxylation is 1. The number of fused-ring (bicyclic) bond motifs is 2. The summed E-state index contributed by atoms with van der Waals surface area (Å²) >= 11 is 0. The van der Waals surface area contributed by atoms with Crippen molar-refractivity contribution in [3.8, 4) is 0 Å². The highest BCUT2D eigenvalue weighted by Crippen LogP contribution is 2.63. The van der Waals surface area contributed by atoms with E-state index in [9.17, 15) is 0 Å². The van der Waals surface area contributed by atoms with E-state index in [2.05, 4.69) is 39.7 Å². The standard InChI is InChI=1S/C21H35N5O/c1-20(2)14-21(15-24-6-8-27-9-7-24)16-25(13-19(20)21)12-17-10-18-11-22-4-3-5-26(18)23-17/h10,19,22H,3-9,11-16H2,1-2H3/t19-,21+/m1/s1. The Balaban J connectivity index is 1.28. The SMILES string of the molecule is CC1(C)C[C@]2(CN3CCOCC3)CN(Cc3cc4n(n3)CCCNC4)C[C@H]12. The minimum absolute atomic E-state index is 0.482. The highest BCUT2D eigenvalue weighted by Gasteiger charge is 2.62. The number of rotatable bonds is 4. The summed E-state index contributed by atoms with van der Waals surface area (Å²) < 4.78 is 7.79. The van der Waals surface area contributed by atoms with Crippen LogP contribution in [-0.2, 0) is 24.4 Å². The first kappa shape index (κ1) is 18.1. The van der Waals surface area contributed by atoms with Crippen LogP contribution in [-0.4, -0.2) is 72.1 Å². The van der Waals surface area contributed by atoms with E-state index in [0.29, 0.717) is 10.8 Å². The summed E-state index contributed by atoms with van der Waals surface area (Å²) in [6, 6.07) is 2.33. The number of aromatic nitrogens is 2. The van der Waals surface area contributed by atoms with Gasteiger partial charge in [0.15, 0.2) is 0 Å². The summed E-state index contributed by atoms with van der Waals surface area (Å²) in [5.41, 5.74) is 3.58. The normalized spacial score (nSPS) is 33.9. The van der Waals surface area contributed by atoms with Gasteiger partial charge >= 0.3 is 0 Å². The highest BCUT2D eigenvalue weighted by atomic mass is 16.5. The minimum Gasteiger partial charge on any atom is -0.379 e. The second-order valence-electron chi connectivity index (χ2n) is 10.0. The molecule has 0 unspecified atom stereocenters. The fraction of sp³-hybridized carbons (Fsp3) is 0.857. The molecule has 1 N–H and O–H groups in total. The summed E-state index contributed by atoms with van der Waals surface area (Å²) in [4.78, 5) is 5.34. The smallest absolute Gasteiger partial charge is 0.0768 e. The summed E-state index contributed by atoms with van der Waals surface area (Å²) in [6.07, 6.45) is 2.54. The second-order valence-corrected chi connectivity index (χ2v) is 10.0. The molecular formula is C21H35N5O. The van der Waals surface area contributed by atoms with Gasteiger partial charge in [-0.15, -0.1) is 0 Å². The highest BCUT2D eigenvalue weighted by molar-refractivity contribution is 5.16. The molecule has 1 saturated carbocycles. The third kappa shape index (κ3) is 3.35.